The number of aromatic nitrogens is 3. The van der Waals surface area contributed by atoms with E-state index in [1.165, 1.54) is 42.2 Å². The van der Waals surface area contributed by atoms with Crippen molar-refractivity contribution in [2.45, 2.75) is 43.9 Å². The summed E-state index contributed by atoms with van der Waals surface area (Å²) in [7, 11) is 3.04. The second-order valence-corrected chi connectivity index (χ2v) is 10.5. The van der Waals surface area contributed by atoms with Crippen LogP contribution in [-0.4, -0.2) is 46.6 Å². The van der Waals surface area contributed by atoms with Crippen molar-refractivity contribution in [3.8, 4) is 17.6 Å². The number of thiophene rings is 1. The zero-order valence-corrected chi connectivity index (χ0v) is 22.8. The van der Waals surface area contributed by atoms with Crippen LogP contribution in [0.25, 0.3) is 0 Å². The zero-order chi connectivity index (χ0) is 27.1. The fourth-order valence-corrected chi connectivity index (χ4v) is 6.20. The number of ether oxygens (including phenoxy) is 2. The van der Waals surface area contributed by atoms with E-state index in [1.807, 2.05) is 0 Å². The highest BCUT2D eigenvalue weighted by atomic mass is 32.2. The van der Waals surface area contributed by atoms with Crippen molar-refractivity contribution in [1.82, 2.24) is 20.1 Å². The van der Waals surface area contributed by atoms with E-state index in [-0.39, 0.29) is 24.1 Å². The average Bonchev–Trinajstić information content (AvgIpc) is 3.49. The summed E-state index contributed by atoms with van der Waals surface area (Å²) in [6, 6.07) is 7.18. The van der Waals surface area contributed by atoms with Gasteiger partial charge in [0.2, 0.25) is 5.91 Å². The molecule has 0 fully saturated rings. The summed E-state index contributed by atoms with van der Waals surface area (Å²) in [5, 5.41) is 24.9. The van der Waals surface area contributed by atoms with E-state index < -0.39 is 0 Å². The SMILES string of the molecule is C=CCn1c(CNC(=O)c2ccc(OC)c(OC)c2)nnc1SCC(=O)Nc1sc2c(c1C#N)CCCC2. The molecule has 3 aromatic rings. The summed E-state index contributed by atoms with van der Waals surface area (Å²) in [4.78, 5) is 26.6. The third-order valence-corrected chi connectivity index (χ3v) is 8.20. The number of carbonyl (C=O) groups excluding carboxylic acids is 2. The smallest absolute Gasteiger partial charge is 0.251 e. The van der Waals surface area contributed by atoms with Crippen molar-refractivity contribution in [3.05, 3.63) is 58.2 Å². The van der Waals surface area contributed by atoms with Crippen molar-refractivity contribution >= 4 is 39.9 Å². The molecule has 2 amide bonds. The van der Waals surface area contributed by atoms with Gasteiger partial charge < -0.3 is 24.7 Å². The van der Waals surface area contributed by atoms with Crippen LogP contribution in [0.5, 0.6) is 11.5 Å². The Labute approximate surface area is 229 Å². The number of nitrogens with one attached hydrogen (secondary N) is 2. The van der Waals surface area contributed by atoms with Gasteiger partial charge in [0.15, 0.2) is 22.5 Å². The van der Waals surface area contributed by atoms with Gasteiger partial charge in [-0.05, 0) is 49.4 Å². The normalized spacial score (nSPS) is 12.2. The third-order valence-electron chi connectivity index (χ3n) is 6.03. The lowest BCUT2D eigenvalue weighted by molar-refractivity contribution is -0.113. The number of aryl methyl sites for hydroxylation is 1. The monoisotopic (exact) mass is 552 g/mol. The predicted octanol–water partition coefficient (Wildman–Crippen LogP) is 3.95. The molecule has 0 saturated heterocycles. The molecule has 38 heavy (non-hydrogen) atoms. The van der Waals surface area contributed by atoms with Crippen LogP contribution < -0.4 is 20.1 Å². The number of hydrogen-bond donors (Lipinski definition) is 2. The summed E-state index contributed by atoms with van der Waals surface area (Å²) in [5.74, 6) is 1.08. The number of fused-ring (bicyclic) bond motifs is 1. The van der Waals surface area contributed by atoms with Gasteiger partial charge in [0.1, 0.15) is 11.1 Å². The standard InChI is InChI=1S/C26H28N6O4S2/c1-4-11-32-22(14-28-24(34)16-9-10-19(35-2)20(12-16)36-3)30-31-26(32)37-15-23(33)29-25-18(13-27)17-7-5-6-8-21(17)38-25/h4,9-10,12H,1,5-8,11,14-15H2,2-3H3,(H,28,34)(H,29,33). The van der Waals surface area contributed by atoms with Gasteiger partial charge in [-0.2, -0.15) is 5.26 Å². The van der Waals surface area contributed by atoms with Crippen LogP contribution in [0, 0.1) is 11.3 Å². The van der Waals surface area contributed by atoms with Gasteiger partial charge in [0, 0.05) is 17.0 Å². The van der Waals surface area contributed by atoms with Crippen molar-refractivity contribution in [2.24, 2.45) is 0 Å². The molecule has 1 aliphatic rings. The first-order chi connectivity index (χ1) is 18.5. The van der Waals surface area contributed by atoms with Crippen LogP contribution in [0.15, 0.2) is 36.0 Å². The molecule has 4 rings (SSSR count). The van der Waals surface area contributed by atoms with Gasteiger partial charge in [-0.25, -0.2) is 0 Å². The third kappa shape index (κ3) is 6.00. The minimum Gasteiger partial charge on any atom is -0.493 e. The molecular formula is C26H28N6O4S2. The molecule has 12 heteroatoms. The van der Waals surface area contributed by atoms with Crippen LogP contribution in [-0.2, 0) is 30.7 Å². The number of methoxy groups -OCH3 is 2. The molecule has 0 bridgehead atoms. The highest BCUT2D eigenvalue weighted by Crippen LogP contribution is 2.37. The number of allylic oxidation sites excluding steroid dienone is 1. The van der Waals surface area contributed by atoms with Crippen LogP contribution >= 0.6 is 23.1 Å². The average molecular weight is 553 g/mol. The number of benzene rings is 1. The predicted molar refractivity (Wildman–Crippen MR) is 146 cm³/mol. The van der Waals surface area contributed by atoms with Gasteiger partial charge in [-0.3, -0.25) is 9.59 Å². The lowest BCUT2D eigenvalue weighted by atomic mass is 9.96. The number of rotatable bonds is 11. The van der Waals surface area contributed by atoms with Crippen LogP contribution in [0.1, 0.15) is 45.0 Å². The summed E-state index contributed by atoms with van der Waals surface area (Å²) in [6.45, 7) is 4.33. The maximum absolute atomic E-state index is 12.7. The zero-order valence-electron chi connectivity index (χ0n) is 21.2. The Kier molecular flexibility index (Phi) is 9.04. The van der Waals surface area contributed by atoms with Gasteiger partial charge >= 0.3 is 0 Å². The largest absolute Gasteiger partial charge is 0.493 e. The van der Waals surface area contributed by atoms with Crippen molar-refractivity contribution in [1.29, 1.82) is 5.26 Å². The number of carbonyl (C=O) groups is 2. The fraction of sp³-hybridized carbons (Fsp3) is 0.346. The first kappa shape index (κ1) is 27.2. The molecule has 2 N–H and O–H groups in total. The first-order valence-electron chi connectivity index (χ1n) is 12.0. The first-order valence-corrected chi connectivity index (χ1v) is 13.8. The Morgan fingerprint density at radius 1 is 1.24 bits per heavy atom. The molecule has 10 nitrogen and oxygen atoms in total. The fourth-order valence-electron chi connectivity index (χ4n) is 4.17. The summed E-state index contributed by atoms with van der Waals surface area (Å²) in [5.41, 5.74) is 2.08. The maximum Gasteiger partial charge on any atom is 0.251 e. The molecule has 1 aliphatic carbocycles. The summed E-state index contributed by atoms with van der Waals surface area (Å²) in [6.07, 6.45) is 5.71. The maximum atomic E-state index is 12.7. The molecule has 2 heterocycles. The van der Waals surface area contributed by atoms with Crippen molar-refractivity contribution < 1.29 is 19.1 Å². The minimum absolute atomic E-state index is 0.0979. The van der Waals surface area contributed by atoms with E-state index in [2.05, 4.69) is 33.5 Å². The Bertz CT molecular complexity index is 1390. The molecule has 2 aromatic heterocycles. The van der Waals surface area contributed by atoms with Gasteiger partial charge in [0.25, 0.3) is 5.91 Å². The number of thioether (sulfide) groups is 1. The van der Waals surface area contributed by atoms with E-state index in [1.54, 1.807) is 28.8 Å². The highest BCUT2D eigenvalue weighted by molar-refractivity contribution is 7.99. The molecule has 0 radical (unpaired) electrons. The van der Waals surface area contributed by atoms with E-state index in [4.69, 9.17) is 9.47 Å². The van der Waals surface area contributed by atoms with Crippen molar-refractivity contribution in [2.75, 3.05) is 25.3 Å². The van der Waals surface area contributed by atoms with E-state index in [0.717, 1.165) is 31.2 Å². The molecule has 0 aliphatic heterocycles. The number of nitrogens with zero attached hydrogens (tertiary/aromatic N) is 4. The van der Waals surface area contributed by atoms with Crippen LogP contribution in [0.3, 0.4) is 0 Å². The number of amides is 2. The van der Waals surface area contributed by atoms with E-state index >= 15 is 0 Å². The second-order valence-electron chi connectivity index (χ2n) is 8.41. The van der Waals surface area contributed by atoms with Gasteiger partial charge in [-0.1, -0.05) is 17.8 Å². The summed E-state index contributed by atoms with van der Waals surface area (Å²) >= 11 is 2.73. The van der Waals surface area contributed by atoms with Crippen molar-refractivity contribution in [3.63, 3.8) is 0 Å². The lowest BCUT2D eigenvalue weighted by Crippen LogP contribution is -2.25. The Morgan fingerprint density at radius 2 is 2.03 bits per heavy atom. The van der Waals surface area contributed by atoms with Crippen LogP contribution in [0.2, 0.25) is 0 Å². The van der Waals surface area contributed by atoms with Gasteiger partial charge in [-0.15, -0.1) is 28.1 Å². The molecule has 198 valence electrons. The van der Waals surface area contributed by atoms with E-state index in [9.17, 15) is 14.9 Å². The second kappa shape index (κ2) is 12.6. The Balaban J connectivity index is 1.38. The number of hydrogen-bond acceptors (Lipinski definition) is 9. The molecule has 0 unspecified atom stereocenters. The van der Waals surface area contributed by atoms with E-state index in [0.29, 0.717) is 45.2 Å². The van der Waals surface area contributed by atoms with Gasteiger partial charge in [0.05, 0.1) is 32.1 Å². The summed E-state index contributed by atoms with van der Waals surface area (Å²) < 4.78 is 12.3. The van der Waals surface area contributed by atoms with Crippen LogP contribution in [0.4, 0.5) is 5.00 Å². The number of nitriles is 1. The molecule has 0 saturated carbocycles. The lowest BCUT2D eigenvalue weighted by Gasteiger charge is -2.11. The highest BCUT2D eigenvalue weighted by Gasteiger charge is 2.22. The minimum atomic E-state index is -0.306. The molecular weight excluding hydrogens is 524 g/mol. The molecule has 1 aromatic carbocycles. The number of anilines is 1. The Morgan fingerprint density at radius 3 is 2.76 bits per heavy atom. The topological polar surface area (TPSA) is 131 Å². The quantitative estimate of drug-likeness (QED) is 0.270. The molecule has 0 spiro atoms. The Hall–Kier alpha value is -3.82. The molecule has 0 atom stereocenters.